The molecule has 18 nitrogen and oxygen atoms in total. The average molecular weight is 578 g/mol. The molecule has 2 saturated heterocycles. The zero-order valence-electron chi connectivity index (χ0n) is 20.5. The van der Waals surface area contributed by atoms with Crippen LogP contribution in [0.2, 0.25) is 0 Å². The van der Waals surface area contributed by atoms with Gasteiger partial charge in [-0.1, -0.05) is 11.5 Å². The molecule has 4 aliphatic rings. The summed E-state index contributed by atoms with van der Waals surface area (Å²) in [6.07, 6.45) is -13.4. The lowest BCUT2D eigenvalue weighted by molar-refractivity contribution is -0.362. The third-order valence-corrected chi connectivity index (χ3v) is 6.83. The molecule has 0 aromatic heterocycles. The molecule has 226 valence electrons. The second-order valence-electron chi connectivity index (χ2n) is 9.37. The number of aliphatic hydroxyl groups is 8. The number of nitrogens with zero attached hydrogens (tertiary/aromatic N) is 2. The first-order valence-corrected chi connectivity index (χ1v) is 12.0. The van der Waals surface area contributed by atoms with Gasteiger partial charge in [0.05, 0.1) is 25.3 Å². The van der Waals surface area contributed by atoms with Crippen LogP contribution in [-0.4, -0.2) is 148 Å². The van der Waals surface area contributed by atoms with Crippen LogP contribution in [0.25, 0.3) is 0 Å². The molecule has 0 aliphatic carbocycles. The minimum Gasteiger partial charge on any atom is -0.871 e. The van der Waals surface area contributed by atoms with Gasteiger partial charge in [-0.2, -0.15) is 0 Å². The highest BCUT2D eigenvalue weighted by molar-refractivity contribution is 5.32. The summed E-state index contributed by atoms with van der Waals surface area (Å²) in [5.41, 5.74) is 0. The van der Waals surface area contributed by atoms with E-state index in [2.05, 4.69) is 0 Å². The Labute approximate surface area is 225 Å². The molecule has 0 saturated carbocycles. The Hall–Kier alpha value is -2.72. The van der Waals surface area contributed by atoms with Gasteiger partial charge in [0, 0.05) is 12.4 Å². The van der Waals surface area contributed by atoms with E-state index in [4.69, 9.17) is 18.9 Å². The third kappa shape index (κ3) is 5.44. The molecule has 0 aromatic rings. The van der Waals surface area contributed by atoms with E-state index < -0.39 is 110 Å². The molecular formula is C22H30N2O16-2. The highest BCUT2D eigenvalue weighted by Gasteiger charge is 2.47. The monoisotopic (exact) mass is 578 g/mol. The zero-order chi connectivity index (χ0) is 29.5. The first kappa shape index (κ1) is 30.2. The maximum absolute atomic E-state index is 13.3. The summed E-state index contributed by atoms with van der Waals surface area (Å²) < 4.78 is 21.1. The smallest absolute Gasteiger partial charge is 0.229 e. The summed E-state index contributed by atoms with van der Waals surface area (Å²) in [6.45, 7) is -1.54. The van der Waals surface area contributed by atoms with E-state index in [-0.39, 0.29) is 10.1 Å². The molecule has 4 rings (SSSR count). The minimum atomic E-state index is -1.90. The van der Waals surface area contributed by atoms with Crippen molar-refractivity contribution in [3.8, 4) is 0 Å². The number of hydrogen-bond donors (Lipinski definition) is 10. The van der Waals surface area contributed by atoms with Gasteiger partial charge in [0.15, 0.2) is 0 Å². The molecule has 0 aromatic carbocycles. The van der Waals surface area contributed by atoms with Crippen LogP contribution < -0.4 is 10.2 Å². The Morgan fingerprint density at radius 2 is 0.975 bits per heavy atom. The van der Waals surface area contributed by atoms with Gasteiger partial charge in [0.2, 0.25) is 12.6 Å². The van der Waals surface area contributed by atoms with Gasteiger partial charge in [-0.15, -0.1) is 0 Å². The van der Waals surface area contributed by atoms with E-state index in [9.17, 15) is 61.5 Å². The first-order chi connectivity index (χ1) is 18.9. The summed E-state index contributed by atoms with van der Waals surface area (Å²) in [5, 5.41) is 127. The average Bonchev–Trinajstić information content (AvgIpc) is 2.93. The van der Waals surface area contributed by atoms with Crippen LogP contribution in [0, 0.1) is 0 Å². The molecule has 12 unspecified atom stereocenters. The maximum Gasteiger partial charge on any atom is 0.229 e. The van der Waals surface area contributed by atoms with Crippen LogP contribution in [-0.2, 0) is 18.9 Å². The second kappa shape index (κ2) is 12.0. The number of hydrogen-bond acceptors (Lipinski definition) is 18. The first-order valence-electron chi connectivity index (χ1n) is 12.0. The fourth-order valence-corrected chi connectivity index (χ4v) is 4.52. The summed E-state index contributed by atoms with van der Waals surface area (Å²) in [5.74, 6) is -3.46. The Morgan fingerprint density at radius 1 is 0.625 bits per heavy atom. The van der Waals surface area contributed by atoms with E-state index in [1.807, 2.05) is 0 Å². The van der Waals surface area contributed by atoms with E-state index in [1.54, 1.807) is 0 Å². The molecule has 18 heteroatoms. The summed E-state index contributed by atoms with van der Waals surface area (Å²) in [6, 6.07) is -3.80. The van der Waals surface area contributed by atoms with Gasteiger partial charge in [-0.05, 0) is 12.2 Å². The predicted molar refractivity (Wildman–Crippen MR) is 117 cm³/mol. The molecule has 0 bridgehead atoms. The molecule has 0 amide bonds. The molecule has 10 N–H and O–H groups in total. The van der Waals surface area contributed by atoms with Crippen molar-refractivity contribution < 1.29 is 80.4 Å². The Bertz CT molecular complexity index is 952. The third-order valence-electron chi connectivity index (χ3n) is 6.83. The molecule has 4 heterocycles. The predicted octanol–water partition coefficient (Wildman–Crippen LogP) is -7.06. The second-order valence-corrected chi connectivity index (χ2v) is 9.37. The van der Waals surface area contributed by atoms with Crippen molar-refractivity contribution in [1.82, 2.24) is 10.1 Å². The minimum absolute atomic E-state index is 0.277. The van der Waals surface area contributed by atoms with E-state index >= 15 is 0 Å². The fourth-order valence-electron chi connectivity index (χ4n) is 4.52. The Balaban J connectivity index is 1.58. The molecular weight excluding hydrogens is 548 g/mol. The van der Waals surface area contributed by atoms with Crippen molar-refractivity contribution in [3.63, 3.8) is 0 Å². The maximum atomic E-state index is 13.3. The summed E-state index contributed by atoms with van der Waals surface area (Å²) >= 11 is 0. The van der Waals surface area contributed by atoms with Crippen molar-refractivity contribution in [2.75, 3.05) is 13.2 Å². The van der Waals surface area contributed by atoms with Crippen LogP contribution in [0.3, 0.4) is 0 Å². The zero-order valence-corrected chi connectivity index (χ0v) is 20.5. The normalized spacial score (nSPS) is 42.5. The van der Waals surface area contributed by atoms with E-state index in [1.165, 1.54) is 0 Å². The lowest BCUT2D eigenvalue weighted by Crippen LogP contribution is -2.60. The van der Waals surface area contributed by atoms with Gasteiger partial charge < -0.3 is 70.0 Å². The number of rotatable bonds is 7. The van der Waals surface area contributed by atoms with Gasteiger partial charge in [0.25, 0.3) is 0 Å². The molecule has 0 spiro atoms. The van der Waals surface area contributed by atoms with Crippen LogP contribution in [0.4, 0.5) is 0 Å². The number of ether oxygens (including phenoxy) is 4. The quantitative estimate of drug-likeness (QED) is 0.134. The van der Waals surface area contributed by atoms with Crippen LogP contribution in [0.5, 0.6) is 0 Å². The number of hydroxylamine groups is 4. The van der Waals surface area contributed by atoms with Gasteiger partial charge in [-0.3, -0.25) is 20.5 Å². The number of allylic oxidation sites excluding steroid dienone is 2. The summed E-state index contributed by atoms with van der Waals surface area (Å²) in [4.78, 5) is 0. The van der Waals surface area contributed by atoms with Crippen molar-refractivity contribution in [2.24, 2.45) is 0 Å². The number of aliphatic hydroxyl groups excluding tert-OH is 8. The van der Waals surface area contributed by atoms with Gasteiger partial charge in [0.1, 0.15) is 60.4 Å². The fraction of sp³-hybridized carbons (Fsp3) is 0.636. The Kier molecular flexibility index (Phi) is 9.09. The Morgan fingerprint density at radius 3 is 1.30 bits per heavy atom. The van der Waals surface area contributed by atoms with Crippen molar-refractivity contribution in [2.45, 2.75) is 73.5 Å². The molecule has 2 fully saturated rings. The van der Waals surface area contributed by atoms with Crippen LogP contribution in [0.15, 0.2) is 47.6 Å². The highest BCUT2D eigenvalue weighted by atomic mass is 16.7. The lowest BCUT2D eigenvalue weighted by atomic mass is 9.97. The molecule has 12 atom stereocenters. The lowest BCUT2D eigenvalue weighted by Gasteiger charge is -2.47. The van der Waals surface area contributed by atoms with Crippen LogP contribution in [0.1, 0.15) is 0 Å². The van der Waals surface area contributed by atoms with Crippen molar-refractivity contribution in [1.29, 1.82) is 0 Å². The topological polar surface area (TPSA) is 292 Å². The molecule has 0 radical (unpaired) electrons. The van der Waals surface area contributed by atoms with E-state index in [0.29, 0.717) is 0 Å². The van der Waals surface area contributed by atoms with Crippen LogP contribution >= 0.6 is 0 Å². The molecule has 4 aliphatic heterocycles. The van der Waals surface area contributed by atoms with Gasteiger partial charge in [-0.25, -0.2) is 0 Å². The molecule has 40 heavy (non-hydrogen) atoms. The van der Waals surface area contributed by atoms with Crippen molar-refractivity contribution in [3.05, 3.63) is 47.6 Å². The summed E-state index contributed by atoms with van der Waals surface area (Å²) in [7, 11) is 0. The highest BCUT2D eigenvalue weighted by Crippen LogP contribution is 2.33. The van der Waals surface area contributed by atoms with Gasteiger partial charge >= 0.3 is 0 Å². The SMILES string of the molecule is [O-]C1=C(OC2OC(CO)C(O)C(O)C2O)C=CN(O)C1C1C([O-])=C(OC2OC(CO)C(O)C(O)C2O)C=CN1O. The standard InChI is InChI=1S/C22H32N2O16/c25-5-9-15(29)17(31)19(33)21(39-9)37-7-1-3-23(35)11(13(7)27)12-14(28)8(2-4-24(12)36)38-22-20(34)18(32)16(30)10(6-26)40-22/h1-4,9-12,15-22,25-36H,5-6H2/p-2. The van der Waals surface area contributed by atoms with Crippen molar-refractivity contribution >= 4 is 0 Å². The largest absolute Gasteiger partial charge is 0.871 e. The van der Waals surface area contributed by atoms with E-state index in [0.717, 1.165) is 24.6 Å².